The second-order valence-electron chi connectivity index (χ2n) is 27.5. The first-order valence-electron chi connectivity index (χ1n) is 36.5. The van der Waals surface area contributed by atoms with E-state index in [-0.39, 0.29) is 37.5 Å². The number of aromatic nitrogens is 8. The highest BCUT2D eigenvalue weighted by Gasteiger charge is 2.44. The summed E-state index contributed by atoms with van der Waals surface area (Å²) in [5.74, 6) is 2.26. The van der Waals surface area contributed by atoms with Crippen molar-refractivity contribution >= 4 is 47.6 Å². The molecule has 0 atom stereocenters. The summed E-state index contributed by atoms with van der Waals surface area (Å²) in [4.78, 5) is 83.2. The Hall–Kier alpha value is -9.77. The molecule has 4 aromatic carbocycles. The molecular formula is C77H95F3N16O9. The number of aryl methyl sites for hydroxylation is 4. The number of morpholine rings is 4. The molecule has 0 unspecified atom stereocenters. The smallest absolute Gasteiger partial charge is 0.453 e. The number of hydrogen-bond acceptors (Lipinski definition) is 17. The third-order valence-corrected chi connectivity index (χ3v) is 20.5. The van der Waals surface area contributed by atoms with E-state index in [4.69, 9.17) is 43.6 Å². The summed E-state index contributed by atoms with van der Waals surface area (Å²) in [6.45, 7) is 30.2. The van der Waals surface area contributed by atoms with Crippen LogP contribution in [-0.2, 0) is 90.4 Å². The van der Waals surface area contributed by atoms with Crippen molar-refractivity contribution in [2.75, 3.05) is 158 Å². The maximum absolute atomic E-state index is 12.9. The van der Waals surface area contributed by atoms with Crippen LogP contribution < -0.4 is 19.6 Å². The number of fused-ring (bicyclic) bond motifs is 4. The third kappa shape index (κ3) is 16.5. The minimum absolute atomic E-state index is 0.00633. The molecule has 4 aromatic heterocycles. The first kappa shape index (κ1) is 73.5. The van der Waals surface area contributed by atoms with Crippen LogP contribution >= 0.6 is 0 Å². The molecule has 0 aliphatic carbocycles. The van der Waals surface area contributed by atoms with Gasteiger partial charge in [0.1, 0.15) is 0 Å². The van der Waals surface area contributed by atoms with Gasteiger partial charge in [-0.15, -0.1) is 0 Å². The Morgan fingerprint density at radius 3 is 0.914 bits per heavy atom. The van der Waals surface area contributed by atoms with E-state index in [1.165, 1.54) is 23.8 Å². The molecular weight excluding hydrogens is 1350 g/mol. The van der Waals surface area contributed by atoms with Gasteiger partial charge >= 0.3 is 18.2 Å². The van der Waals surface area contributed by atoms with Crippen LogP contribution in [0.2, 0.25) is 0 Å². The first-order valence-corrected chi connectivity index (χ1v) is 36.5. The Bertz CT molecular complexity index is 4200. The predicted octanol–water partition coefficient (Wildman–Crippen LogP) is 9.38. The molecule has 558 valence electrons. The number of methoxy groups -OCH3 is 1. The molecule has 105 heavy (non-hydrogen) atoms. The lowest BCUT2D eigenvalue weighted by atomic mass is 10.1. The molecule has 0 radical (unpaired) electrons. The van der Waals surface area contributed by atoms with Crippen LogP contribution in [0.1, 0.15) is 65.3 Å². The van der Waals surface area contributed by atoms with Crippen LogP contribution in [-0.4, -0.2) is 226 Å². The van der Waals surface area contributed by atoms with Gasteiger partial charge in [-0.3, -0.25) is 14.4 Å². The van der Waals surface area contributed by atoms with Crippen molar-refractivity contribution in [3.8, 4) is 45.0 Å². The Morgan fingerprint density at radius 2 is 0.638 bits per heavy atom. The molecule has 0 saturated carbocycles. The molecule has 8 aliphatic heterocycles. The molecule has 4 fully saturated rings. The number of amides is 4. The van der Waals surface area contributed by atoms with Crippen molar-refractivity contribution < 1.29 is 56.0 Å². The van der Waals surface area contributed by atoms with Crippen LogP contribution in [0.4, 0.5) is 41.8 Å². The van der Waals surface area contributed by atoms with Crippen molar-refractivity contribution in [1.29, 1.82) is 0 Å². The Balaban J connectivity index is 0.000000124. The average molecular weight is 1450 g/mol. The minimum Gasteiger partial charge on any atom is -0.453 e. The van der Waals surface area contributed by atoms with E-state index in [1.807, 2.05) is 52.5 Å². The van der Waals surface area contributed by atoms with Crippen molar-refractivity contribution in [1.82, 2.24) is 57.8 Å². The van der Waals surface area contributed by atoms with Crippen LogP contribution in [0.3, 0.4) is 0 Å². The summed E-state index contributed by atoms with van der Waals surface area (Å²) in [6.07, 6.45) is -4.62. The fraction of sp³-hybridized carbons (Fsp3) is 0.481. The largest absolute Gasteiger partial charge is 0.471 e. The fourth-order valence-electron chi connectivity index (χ4n) is 14.5. The van der Waals surface area contributed by atoms with E-state index >= 15 is 0 Å². The number of carbonyl (C=O) groups is 4. The van der Waals surface area contributed by atoms with Gasteiger partial charge in [-0.05, 0) is 27.7 Å². The minimum atomic E-state index is -4.88. The molecule has 8 aromatic rings. The summed E-state index contributed by atoms with van der Waals surface area (Å²) >= 11 is 0. The molecule has 4 amide bonds. The van der Waals surface area contributed by atoms with Gasteiger partial charge in [-0.1, -0.05) is 126 Å². The highest BCUT2D eigenvalue weighted by molar-refractivity contribution is 5.82. The number of halogens is 3. The van der Waals surface area contributed by atoms with Crippen LogP contribution in [0, 0.1) is 27.7 Å². The number of benzene rings is 4. The summed E-state index contributed by atoms with van der Waals surface area (Å²) in [6, 6.07) is 33.0. The van der Waals surface area contributed by atoms with E-state index in [1.54, 1.807) is 11.8 Å². The average Bonchev–Trinajstić information content (AvgIpc) is 1.65. The number of hydrogen-bond donors (Lipinski definition) is 0. The SMILES string of the molecule is CC(=O)N1CCn2c(N3CCOCC3)nc(-c3ccc(C)cc3)c2C1.CCC(=O)N1CCn2c(N3CCOCC3)nc(-c3ccc(C)cc3)c2C1.COC(=O)N1CCn2c(N3CCOCC3)nc(-c3ccc(C)cc3)c2C1.Cc1ccc(-c2nc(N3CCOCC3)n3c2CN(C(=O)C(F)(F)F)CC3)cc1. The molecule has 12 heterocycles. The number of alkyl halides is 3. The zero-order valence-corrected chi connectivity index (χ0v) is 61.2. The number of rotatable bonds is 9. The second-order valence-corrected chi connectivity index (χ2v) is 27.5. The molecule has 8 aliphatic rings. The third-order valence-electron chi connectivity index (χ3n) is 20.5. The lowest BCUT2D eigenvalue weighted by molar-refractivity contribution is -0.186. The maximum atomic E-state index is 12.9. The summed E-state index contributed by atoms with van der Waals surface area (Å²) in [7, 11) is 1.42. The highest BCUT2D eigenvalue weighted by atomic mass is 19.4. The number of imidazole rings is 4. The molecule has 16 rings (SSSR count). The zero-order chi connectivity index (χ0) is 73.5. The van der Waals surface area contributed by atoms with Crippen molar-refractivity contribution in [3.05, 3.63) is 142 Å². The van der Waals surface area contributed by atoms with Crippen LogP contribution in [0.5, 0.6) is 0 Å². The Morgan fingerprint density at radius 1 is 0.381 bits per heavy atom. The number of anilines is 4. The molecule has 0 bridgehead atoms. The van der Waals surface area contributed by atoms with Crippen molar-refractivity contribution in [2.45, 2.75) is 106 Å². The molecule has 25 nitrogen and oxygen atoms in total. The van der Waals surface area contributed by atoms with Gasteiger partial charge in [0.25, 0.3) is 0 Å². The highest BCUT2D eigenvalue weighted by Crippen LogP contribution is 2.38. The predicted molar refractivity (Wildman–Crippen MR) is 393 cm³/mol. The van der Waals surface area contributed by atoms with Crippen LogP contribution in [0.15, 0.2) is 97.1 Å². The number of carbonyl (C=O) groups excluding carboxylic acids is 4. The van der Waals surface area contributed by atoms with E-state index in [0.717, 1.165) is 202 Å². The van der Waals surface area contributed by atoms with Gasteiger partial charge in [0, 0.05) is 140 Å². The standard InChI is InChI=1S/C20H26N4O2.C19H21F3N4O2.C19H24N4O3.C19H24N4O2/c1-3-18(25)23-8-9-24-17(14-23)19(16-6-4-15(2)5-7-16)21-20(24)22-10-12-26-13-11-22;1-13-2-4-14(5-3-13)16-15-12-25(17(27)19(20,21)22)6-7-26(15)18(23-16)24-8-10-28-11-9-24;1-14-3-5-15(6-4-14)17-16-13-22(19(24)25-2)7-8-23(16)18(20-17)21-9-11-26-12-10-21;1-14-3-5-16(6-4-14)18-17-13-22(15(2)24)7-8-23(17)19(20-18)21-9-11-25-12-10-21/h4-7H,3,8-14H2,1-2H3;2-5H,6-12H2,1H3;3-6H,7-13H2,1-2H3;3-6H,7-13H2,1-2H3. The van der Waals surface area contributed by atoms with Crippen molar-refractivity contribution in [2.24, 2.45) is 0 Å². The Kier molecular flexibility index (Phi) is 22.9. The quantitative estimate of drug-likeness (QED) is 0.132. The lowest BCUT2D eigenvalue weighted by Crippen LogP contribution is -2.46. The van der Waals surface area contributed by atoms with Gasteiger partial charge < -0.3 is 81.2 Å². The normalized spacial score (nSPS) is 17.4. The summed E-state index contributed by atoms with van der Waals surface area (Å²) in [5, 5.41) is 0. The first-order chi connectivity index (χ1) is 50.8. The Labute approximate surface area is 610 Å². The molecule has 4 saturated heterocycles. The van der Waals surface area contributed by atoms with Crippen LogP contribution in [0.25, 0.3) is 45.0 Å². The topological polar surface area (TPSA) is 212 Å². The van der Waals surface area contributed by atoms with Gasteiger partial charge in [0.05, 0.1) is 132 Å². The fourth-order valence-corrected chi connectivity index (χ4v) is 14.5. The van der Waals surface area contributed by atoms with Gasteiger partial charge in [0.15, 0.2) is 0 Å². The summed E-state index contributed by atoms with van der Waals surface area (Å²) in [5.41, 5.74) is 16.4. The van der Waals surface area contributed by atoms with E-state index < -0.39 is 12.1 Å². The van der Waals surface area contributed by atoms with E-state index in [9.17, 15) is 32.3 Å². The number of nitrogens with zero attached hydrogens (tertiary/aromatic N) is 16. The zero-order valence-electron chi connectivity index (χ0n) is 61.2. The monoisotopic (exact) mass is 1440 g/mol. The molecule has 0 N–H and O–H groups in total. The maximum Gasteiger partial charge on any atom is 0.471 e. The van der Waals surface area contributed by atoms with Gasteiger partial charge in [0.2, 0.25) is 35.6 Å². The van der Waals surface area contributed by atoms with Crippen molar-refractivity contribution in [3.63, 3.8) is 0 Å². The van der Waals surface area contributed by atoms with E-state index in [0.29, 0.717) is 70.3 Å². The molecule has 0 spiro atoms. The second kappa shape index (κ2) is 32.7. The van der Waals surface area contributed by atoms with Gasteiger partial charge in [-0.25, -0.2) is 24.7 Å². The molecule has 28 heteroatoms. The summed E-state index contributed by atoms with van der Waals surface area (Å²) < 4.78 is 74.4. The number of ether oxygens (including phenoxy) is 5. The van der Waals surface area contributed by atoms with E-state index in [2.05, 4.69) is 127 Å². The lowest BCUT2D eigenvalue weighted by Gasteiger charge is -2.33. The van der Waals surface area contributed by atoms with Gasteiger partial charge in [-0.2, -0.15) is 13.2 Å².